The Morgan fingerprint density at radius 2 is 2.04 bits per heavy atom. The highest BCUT2D eigenvalue weighted by molar-refractivity contribution is 5.92. The van der Waals surface area contributed by atoms with Crippen LogP contribution >= 0.6 is 0 Å². The quantitative estimate of drug-likeness (QED) is 0.790. The molecule has 24 heavy (non-hydrogen) atoms. The second-order valence-corrected chi connectivity index (χ2v) is 5.67. The van der Waals surface area contributed by atoms with Gasteiger partial charge in [0.1, 0.15) is 5.82 Å². The molecule has 1 saturated heterocycles. The molecule has 1 aliphatic heterocycles. The van der Waals surface area contributed by atoms with Gasteiger partial charge >= 0.3 is 5.97 Å². The second-order valence-electron chi connectivity index (χ2n) is 5.67. The Labute approximate surface area is 138 Å². The van der Waals surface area contributed by atoms with Crippen molar-refractivity contribution < 1.29 is 28.6 Å². The Bertz CT molecular complexity index is 634. The highest BCUT2D eigenvalue weighted by atomic mass is 19.1. The van der Waals surface area contributed by atoms with Crippen molar-refractivity contribution in [2.45, 2.75) is 18.5 Å². The minimum absolute atomic E-state index is 0.0380. The summed E-state index contributed by atoms with van der Waals surface area (Å²) in [6.45, 7) is -0.182. The fourth-order valence-electron chi connectivity index (χ4n) is 2.84. The first-order valence-corrected chi connectivity index (χ1v) is 7.38. The second kappa shape index (κ2) is 7.39. The molecule has 1 aromatic carbocycles. The molecule has 8 heteroatoms. The van der Waals surface area contributed by atoms with Crippen LogP contribution in [-0.2, 0) is 19.1 Å². The van der Waals surface area contributed by atoms with Gasteiger partial charge in [-0.15, -0.1) is 0 Å². The van der Waals surface area contributed by atoms with Crippen molar-refractivity contribution in [2.24, 2.45) is 5.92 Å². The first kappa shape index (κ1) is 17.9. The molecule has 7 nitrogen and oxygen atoms in total. The summed E-state index contributed by atoms with van der Waals surface area (Å²) in [6, 6.07) is 3.77. The zero-order valence-corrected chi connectivity index (χ0v) is 13.4. The van der Waals surface area contributed by atoms with Gasteiger partial charge in [0.25, 0.3) is 0 Å². The van der Waals surface area contributed by atoms with Crippen LogP contribution < -0.4 is 5.32 Å². The summed E-state index contributed by atoms with van der Waals surface area (Å²) in [6.07, 6.45) is -0.0380. The van der Waals surface area contributed by atoms with Gasteiger partial charge in [0.2, 0.25) is 11.8 Å². The first-order chi connectivity index (χ1) is 11.3. The zero-order chi connectivity index (χ0) is 17.9. The average Bonchev–Trinajstić information content (AvgIpc) is 2.83. The maximum Gasteiger partial charge on any atom is 0.328 e. The van der Waals surface area contributed by atoms with Crippen LogP contribution in [0, 0.1) is 11.7 Å². The number of carbonyl (C=O) groups is 3. The predicted octanol–water partition coefficient (Wildman–Crippen LogP) is 0.561. The number of benzene rings is 1. The maximum absolute atomic E-state index is 13.1. The van der Waals surface area contributed by atoms with E-state index >= 15 is 0 Å². The molecule has 2 amide bonds. The summed E-state index contributed by atoms with van der Waals surface area (Å²) in [5.74, 6) is -3.18. The van der Waals surface area contributed by atoms with Crippen LogP contribution in [0.2, 0.25) is 0 Å². The Balaban J connectivity index is 2.22. The lowest BCUT2D eigenvalue weighted by Gasteiger charge is -2.25. The zero-order valence-electron chi connectivity index (χ0n) is 13.4. The molecule has 0 radical (unpaired) electrons. The number of amides is 2. The molecule has 0 aliphatic carbocycles. The predicted molar refractivity (Wildman–Crippen MR) is 81.5 cm³/mol. The molecule has 2 rings (SSSR count). The third-order valence-corrected chi connectivity index (χ3v) is 4.08. The van der Waals surface area contributed by atoms with Crippen molar-refractivity contribution in [1.82, 2.24) is 10.2 Å². The molecule has 3 atom stereocenters. The van der Waals surface area contributed by atoms with Gasteiger partial charge in [0.05, 0.1) is 18.6 Å². The minimum atomic E-state index is -1.22. The molecule has 130 valence electrons. The smallest absolute Gasteiger partial charge is 0.328 e. The van der Waals surface area contributed by atoms with Gasteiger partial charge in [-0.1, -0.05) is 12.1 Å². The number of carbonyl (C=O) groups excluding carboxylic acids is 2. The van der Waals surface area contributed by atoms with Gasteiger partial charge < -0.3 is 20.1 Å². The van der Waals surface area contributed by atoms with Crippen LogP contribution in [0.15, 0.2) is 24.3 Å². The number of nitrogens with one attached hydrogen (secondary N) is 1. The summed E-state index contributed by atoms with van der Waals surface area (Å²) >= 11 is 0. The standard InChI is InChI=1S/C16H19FN2O5/c1-19-13(20)7-11(14(19)9-3-5-10(17)6-4-9)15(21)18-12(8-24-2)16(22)23/h3-6,11-12,14H,7-8H2,1-2H3,(H,18,21)(H,22,23). The van der Waals surface area contributed by atoms with Crippen molar-refractivity contribution in [3.05, 3.63) is 35.6 Å². The van der Waals surface area contributed by atoms with E-state index < -0.39 is 35.7 Å². The molecule has 2 N–H and O–H groups in total. The fraction of sp³-hybridized carbons (Fsp3) is 0.438. The van der Waals surface area contributed by atoms with Gasteiger partial charge in [0, 0.05) is 20.6 Å². The number of halogens is 1. The Hall–Kier alpha value is -2.48. The molecular weight excluding hydrogens is 319 g/mol. The summed E-state index contributed by atoms with van der Waals surface area (Å²) in [7, 11) is 2.89. The third-order valence-electron chi connectivity index (χ3n) is 4.08. The van der Waals surface area contributed by atoms with Crippen LogP contribution in [0.3, 0.4) is 0 Å². The molecule has 0 bridgehead atoms. The largest absolute Gasteiger partial charge is 0.480 e. The molecule has 1 aliphatic rings. The molecule has 0 saturated carbocycles. The van der Waals surface area contributed by atoms with E-state index in [1.165, 1.54) is 36.3 Å². The van der Waals surface area contributed by atoms with Gasteiger partial charge in [-0.2, -0.15) is 0 Å². The highest BCUT2D eigenvalue weighted by Gasteiger charge is 2.43. The summed E-state index contributed by atoms with van der Waals surface area (Å²) in [5, 5.41) is 11.5. The van der Waals surface area contributed by atoms with Gasteiger partial charge in [-0.25, -0.2) is 9.18 Å². The number of carboxylic acids is 1. The Kier molecular flexibility index (Phi) is 5.50. The maximum atomic E-state index is 13.1. The summed E-state index contributed by atoms with van der Waals surface area (Å²) in [4.78, 5) is 37.1. The molecule has 1 fully saturated rings. The monoisotopic (exact) mass is 338 g/mol. The molecule has 0 aromatic heterocycles. The third kappa shape index (κ3) is 3.70. The number of methoxy groups -OCH3 is 1. The van der Waals surface area contributed by atoms with E-state index in [0.717, 1.165) is 0 Å². The molecule has 1 heterocycles. The van der Waals surface area contributed by atoms with Crippen molar-refractivity contribution in [3.63, 3.8) is 0 Å². The number of hydrogen-bond donors (Lipinski definition) is 2. The molecule has 1 aromatic rings. The van der Waals surface area contributed by atoms with E-state index in [2.05, 4.69) is 5.32 Å². The summed E-state index contributed by atoms with van der Waals surface area (Å²) < 4.78 is 17.9. The van der Waals surface area contributed by atoms with Crippen LogP contribution in [0.4, 0.5) is 4.39 Å². The van der Waals surface area contributed by atoms with Gasteiger partial charge in [0.15, 0.2) is 6.04 Å². The average molecular weight is 338 g/mol. The number of likely N-dealkylation sites (tertiary alicyclic amines) is 1. The molecule has 3 unspecified atom stereocenters. The lowest BCUT2D eigenvalue weighted by Crippen LogP contribution is -2.47. The van der Waals surface area contributed by atoms with Crippen molar-refractivity contribution >= 4 is 17.8 Å². The lowest BCUT2D eigenvalue weighted by molar-refractivity contribution is -0.144. The van der Waals surface area contributed by atoms with Crippen LogP contribution in [-0.4, -0.2) is 54.6 Å². The number of hydrogen-bond acceptors (Lipinski definition) is 4. The van der Waals surface area contributed by atoms with E-state index in [4.69, 9.17) is 9.84 Å². The minimum Gasteiger partial charge on any atom is -0.480 e. The molecular formula is C16H19FN2O5. The van der Waals surface area contributed by atoms with Crippen LogP contribution in [0.25, 0.3) is 0 Å². The van der Waals surface area contributed by atoms with E-state index in [0.29, 0.717) is 5.56 Å². The van der Waals surface area contributed by atoms with Crippen molar-refractivity contribution in [2.75, 3.05) is 20.8 Å². The number of ether oxygens (including phenoxy) is 1. The lowest BCUT2D eigenvalue weighted by atomic mass is 9.92. The van der Waals surface area contributed by atoms with Crippen LogP contribution in [0.1, 0.15) is 18.0 Å². The van der Waals surface area contributed by atoms with E-state index in [1.54, 1.807) is 7.05 Å². The number of nitrogens with zero attached hydrogens (tertiary/aromatic N) is 1. The van der Waals surface area contributed by atoms with Gasteiger partial charge in [-0.3, -0.25) is 9.59 Å². The Morgan fingerprint density at radius 1 is 1.42 bits per heavy atom. The Morgan fingerprint density at radius 3 is 2.58 bits per heavy atom. The molecule has 0 spiro atoms. The van der Waals surface area contributed by atoms with Crippen molar-refractivity contribution in [3.8, 4) is 0 Å². The van der Waals surface area contributed by atoms with Crippen LogP contribution in [0.5, 0.6) is 0 Å². The van der Waals surface area contributed by atoms with E-state index in [1.807, 2.05) is 0 Å². The first-order valence-electron chi connectivity index (χ1n) is 7.38. The SMILES string of the molecule is COCC(NC(=O)C1CC(=O)N(C)C1c1ccc(F)cc1)C(=O)O. The number of rotatable bonds is 6. The van der Waals surface area contributed by atoms with Crippen molar-refractivity contribution in [1.29, 1.82) is 0 Å². The highest BCUT2D eigenvalue weighted by Crippen LogP contribution is 2.37. The number of carboxylic acid groups (broad SMARTS) is 1. The fourth-order valence-corrected chi connectivity index (χ4v) is 2.84. The van der Waals surface area contributed by atoms with E-state index in [9.17, 15) is 18.8 Å². The van der Waals surface area contributed by atoms with Gasteiger partial charge in [-0.05, 0) is 17.7 Å². The van der Waals surface area contributed by atoms with E-state index in [-0.39, 0.29) is 18.9 Å². The normalized spacial score (nSPS) is 21.6. The number of aliphatic carboxylic acids is 1. The summed E-state index contributed by atoms with van der Waals surface area (Å²) in [5.41, 5.74) is 0.614. The topological polar surface area (TPSA) is 95.9 Å².